The fraction of sp³-hybridized carbons (Fsp3) is 0.333. The van der Waals surface area contributed by atoms with Crippen molar-refractivity contribution in [1.29, 1.82) is 0 Å². The third kappa shape index (κ3) is 3.57. The maximum Gasteiger partial charge on any atom is 0.193 e. The third-order valence-electron chi connectivity index (χ3n) is 3.24. The molecule has 1 aromatic heterocycles. The van der Waals surface area contributed by atoms with Gasteiger partial charge < -0.3 is 5.32 Å². The first kappa shape index (κ1) is 15.9. The van der Waals surface area contributed by atoms with Gasteiger partial charge in [0.05, 0.1) is 4.90 Å². The van der Waals surface area contributed by atoms with Crippen molar-refractivity contribution in [2.75, 3.05) is 7.05 Å². The van der Waals surface area contributed by atoms with Crippen LogP contribution in [0.3, 0.4) is 0 Å². The molecule has 0 saturated carbocycles. The Morgan fingerprint density at radius 1 is 1.05 bits per heavy atom. The summed E-state index contributed by atoms with van der Waals surface area (Å²) >= 11 is 0.912. The fourth-order valence-electron chi connectivity index (χ4n) is 1.89. The van der Waals surface area contributed by atoms with Gasteiger partial charge in [0.1, 0.15) is 11.6 Å². The molecule has 2 rings (SSSR count). The highest BCUT2D eigenvalue weighted by molar-refractivity contribution is 7.99. The molecule has 112 valence electrons. The summed E-state index contributed by atoms with van der Waals surface area (Å²) in [5.74, 6) is -1.19. The zero-order valence-corrected chi connectivity index (χ0v) is 13.2. The van der Waals surface area contributed by atoms with Crippen LogP contribution < -0.4 is 5.32 Å². The van der Waals surface area contributed by atoms with Crippen LogP contribution in [0, 0.1) is 32.4 Å². The zero-order valence-electron chi connectivity index (χ0n) is 12.4. The Balaban J connectivity index is 2.36. The molecule has 3 nitrogen and oxygen atoms in total. The molecular weight excluding hydrogens is 292 g/mol. The van der Waals surface area contributed by atoms with E-state index in [1.807, 2.05) is 20.8 Å². The first-order valence-corrected chi connectivity index (χ1v) is 7.36. The average Bonchev–Trinajstić information content (AvgIpc) is 2.40. The Labute approximate surface area is 127 Å². The number of hydrogen-bond acceptors (Lipinski definition) is 4. The number of halogens is 2. The second-order valence-electron chi connectivity index (χ2n) is 4.82. The predicted octanol–water partition coefficient (Wildman–Crippen LogP) is 3.55. The smallest absolute Gasteiger partial charge is 0.193 e. The van der Waals surface area contributed by atoms with Gasteiger partial charge in [-0.05, 0) is 62.8 Å². The van der Waals surface area contributed by atoms with Crippen molar-refractivity contribution >= 4 is 11.8 Å². The highest BCUT2D eigenvalue weighted by Gasteiger charge is 2.15. The number of aryl methyl sites for hydroxylation is 2. The Hall–Kier alpha value is -1.53. The van der Waals surface area contributed by atoms with E-state index in [-0.39, 0.29) is 4.90 Å². The van der Waals surface area contributed by atoms with Crippen molar-refractivity contribution in [1.82, 2.24) is 15.3 Å². The maximum absolute atomic E-state index is 14.1. The van der Waals surface area contributed by atoms with E-state index in [4.69, 9.17) is 0 Å². The minimum Gasteiger partial charge on any atom is -0.316 e. The van der Waals surface area contributed by atoms with Gasteiger partial charge in [-0.15, -0.1) is 0 Å². The van der Waals surface area contributed by atoms with E-state index in [0.717, 1.165) is 28.7 Å². The first-order valence-electron chi connectivity index (χ1n) is 6.54. The van der Waals surface area contributed by atoms with Crippen LogP contribution in [0.15, 0.2) is 22.2 Å². The summed E-state index contributed by atoms with van der Waals surface area (Å²) in [7, 11) is 1.73. The summed E-state index contributed by atoms with van der Waals surface area (Å²) in [5.41, 5.74) is 3.19. The van der Waals surface area contributed by atoms with E-state index in [2.05, 4.69) is 15.3 Å². The molecule has 21 heavy (non-hydrogen) atoms. The van der Waals surface area contributed by atoms with Crippen molar-refractivity contribution in [3.63, 3.8) is 0 Å². The molecule has 0 radical (unpaired) electrons. The van der Waals surface area contributed by atoms with Crippen LogP contribution in [0.25, 0.3) is 0 Å². The Morgan fingerprint density at radius 3 is 2.05 bits per heavy atom. The van der Waals surface area contributed by atoms with E-state index in [1.165, 1.54) is 12.1 Å². The van der Waals surface area contributed by atoms with Crippen LogP contribution in [0.5, 0.6) is 0 Å². The van der Waals surface area contributed by atoms with E-state index >= 15 is 0 Å². The van der Waals surface area contributed by atoms with Crippen molar-refractivity contribution in [2.45, 2.75) is 37.4 Å². The van der Waals surface area contributed by atoms with Gasteiger partial charge in [-0.25, -0.2) is 18.7 Å². The molecule has 6 heteroatoms. The number of nitrogens with one attached hydrogen (secondary N) is 1. The molecule has 0 fully saturated rings. The molecular formula is C15H17F2N3S. The van der Waals surface area contributed by atoms with Crippen molar-refractivity contribution in [2.24, 2.45) is 0 Å². The zero-order chi connectivity index (χ0) is 15.6. The van der Waals surface area contributed by atoms with Crippen LogP contribution >= 0.6 is 11.8 Å². The molecule has 0 spiro atoms. The minimum absolute atomic E-state index is 0.0718. The molecule has 0 amide bonds. The molecule has 0 aliphatic rings. The van der Waals surface area contributed by atoms with E-state index in [1.54, 1.807) is 7.05 Å². The summed E-state index contributed by atoms with van der Waals surface area (Å²) in [6.45, 7) is 6.05. The normalized spacial score (nSPS) is 11.0. The molecule has 0 unspecified atom stereocenters. The quantitative estimate of drug-likeness (QED) is 0.877. The van der Waals surface area contributed by atoms with Gasteiger partial charge in [-0.2, -0.15) is 0 Å². The molecule has 0 bridgehead atoms. The maximum atomic E-state index is 14.1. The van der Waals surface area contributed by atoms with Crippen LogP contribution in [-0.4, -0.2) is 17.0 Å². The van der Waals surface area contributed by atoms with Crippen LogP contribution in [0.2, 0.25) is 0 Å². The lowest BCUT2D eigenvalue weighted by atomic mass is 10.2. The SMILES string of the molecule is CNCc1cc(F)c(Sc2nc(C)c(C)c(C)n2)c(F)c1. The standard InChI is InChI=1S/C15H17F2N3S/c1-8-9(2)19-15(20-10(8)3)21-14-12(16)5-11(7-18-4)6-13(14)17/h5-6,18H,7H2,1-4H3. The second kappa shape index (κ2) is 6.49. The molecule has 2 aromatic rings. The Bertz CT molecular complexity index is 628. The monoisotopic (exact) mass is 309 g/mol. The lowest BCUT2D eigenvalue weighted by Crippen LogP contribution is -2.06. The van der Waals surface area contributed by atoms with E-state index in [9.17, 15) is 8.78 Å². The number of benzene rings is 1. The lowest BCUT2D eigenvalue weighted by Gasteiger charge is -2.09. The topological polar surface area (TPSA) is 37.8 Å². The second-order valence-corrected chi connectivity index (χ2v) is 5.80. The highest BCUT2D eigenvalue weighted by atomic mass is 32.2. The highest BCUT2D eigenvalue weighted by Crippen LogP contribution is 2.31. The van der Waals surface area contributed by atoms with Gasteiger partial charge in [-0.3, -0.25) is 0 Å². The van der Waals surface area contributed by atoms with Crippen LogP contribution in [-0.2, 0) is 6.54 Å². The van der Waals surface area contributed by atoms with Gasteiger partial charge in [0, 0.05) is 17.9 Å². The van der Waals surface area contributed by atoms with Crippen LogP contribution in [0.1, 0.15) is 22.5 Å². The molecule has 0 aliphatic carbocycles. The van der Waals surface area contributed by atoms with E-state index in [0.29, 0.717) is 17.3 Å². The van der Waals surface area contributed by atoms with Crippen molar-refractivity contribution < 1.29 is 8.78 Å². The van der Waals surface area contributed by atoms with Gasteiger partial charge in [0.15, 0.2) is 5.16 Å². The summed E-state index contributed by atoms with van der Waals surface area (Å²) in [6, 6.07) is 2.66. The van der Waals surface area contributed by atoms with Crippen molar-refractivity contribution in [3.8, 4) is 0 Å². The molecule has 1 heterocycles. The Kier molecular flexibility index (Phi) is 4.90. The molecule has 0 atom stereocenters. The number of hydrogen-bond donors (Lipinski definition) is 1. The summed E-state index contributed by atoms with van der Waals surface area (Å²) in [6.07, 6.45) is 0. The van der Waals surface area contributed by atoms with Gasteiger partial charge in [0.2, 0.25) is 0 Å². The predicted molar refractivity (Wildman–Crippen MR) is 79.5 cm³/mol. The largest absolute Gasteiger partial charge is 0.316 e. The van der Waals surface area contributed by atoms with Crippen molar-refractivity contribution in [3.05, 3.63) is 46.3 Å². The summed E-state index contributed by atoms with van der Waals surface area (Å²) in [5, 5.41) is 3.22. The average molecular weight is 309 g/mol. The third-order valence-corrected chi connectivity index (χ3v) is 4.20. The van der Waals surface area contributed by atoms with Gasteiger partial charge in [0.25, 0.3) is 0 Å². The number of aromatic nitrogens is 2. The number of nitrogens with zero attached hydrogens (tertiary/aromatic N) is 2. The van der Waals surface area contributed by atoms with Gasteiger partial charge in [-0.1, -0.05) is 0 Å². The molecule has 0 saturated heterocycles. The number of rotatable bonds is 4. The first-order chi connectivity index (χ1) is 9.92. The summed E-state index contributed by atoms with van der Waals surface area (Å²) < 4.78 is 28.1. The minimum atomic E-state index is -0.593. The molecule has 0 aliphatic heterocycles. The molecule has 1 N–H and O–H groups in total. The Morgan fingerprint density at radius 2 is 1.57 bits per heavy atom. The van der Waals surface area contributed by atoms with Gasteiger partial charge >= 0.3 is 0 Å². The fourth-order valence-corrected chi connectivity index (χ4v) is 2.76. The lowest BCUT2D eigenvalue weighted by molar-refractivity contribution is 0.535. The molecule has 1 aromatic carbocycles. The van der Waals surface area contributed by atoms with Crippen LogP contribution in [0.4, 0.5) is 8.78 Å². The van der Waals surface area contributed by atoms with E-state index < -0.39 is 11.6 Å². The summed E-state index contributed by atoms with van der Waals surface area (Å²) in [4.78, 5) is 8.48.